The molecule has 31 heavy (non-hydrogen) atoms. The fourth-order valence-corrected chi connectivity index (χ4v) is 3.34. The van der Waals surface area contributed by atoms with Crippen molar-refractivity contribution < 1.29 is 38.4 Å². The van der Waals surface area contributed by atoms with Crippen molar-refractivity contribution in [2.24, 2.45) is 0 Å². The van der Waals surface area contributed by atoms with Crippen LogP contribution >= 0.6 is 0 Å². The third-order valence-corrected chi connectivity index (χ3v) is 4.83. The maximum Gasteiger partial charge on any atom is 0.272 e. The number of carbonyl (C=O) groups is 2. The molecule has 0 radical (unpaired) electrons. The van der Waals surface area contributed by atoms with Gasteiger partial charge in [-0.05, 0) is 31.2 Å². The van der Waals surface area contributed by atoms with Gasteiger partial charge in [0.05, 0.1) is 20.3 Å². The van der Waals surface area contributed by atoms with Crippen LogP contribution in [0.25, 0.3) is 0 Å². The van der Waals surface area contributed by atoms with E-state index in [-0.39, 0.29) is 24.7 Å². The minimum atomic E-state index is -2.48. The largest absolute Gasteiger partial charge is 0.497 e. The van der Waals surface area contributed by atoms with Gasteiger partial charge in [0.25, 0.3) is 17.4 Å². The molecule has 10 nitrogen and oxygen atoms in total. The lowest BCUT2D eigenvalue weighted by Crippen LogP contribution is -2.80. The maximum absolute atomic E-state index is 13.0. The molecule has 2 N–H and O–H groups in total. The Morgan fingerprint density at radius 2 is 2.00 bits per heavy atom. The van der Waals surface area contributed by atoms with E-state index in [0.29, 0.717) is 11.4 Å². The zero-order valence-corrected chi connectivity index (χ0v) is 17.6. The number of benzene rings is 1. The van der Waals surface area contributed by atoms with E-state index in [1.165, 1.54) is 18.3 Å². The van der Waals surface area contributed by atoms with E-state index in [9.17, 15) is 19.5 Å². The van der Waals surface area contributed by atoms with E-state index >= 15 is 0 Å². The molecular weight excluding hydrogens is 408 g/mol. The number of β-lactam (4-membered cyclic amide) rings is 1. The number of hydrogen-bond donors (Lipinski definition) is 2. The Hall–Kier alpha value is -3.49. The third kappa shape index (κ3) is 3.95. The average molecular weight is 432 g/mol. The lowest BCUT2D eigenvalue weighted by molar-refractivity contribution is -0.169. The standard InChI is InChI=1S/C21H24N2O8/c1-5-29-15(11-24)10-22-18(25)21(27)17(16-12-30-20(2,3)31-16)23(19(21)26)13-6-8-14(28-4)9-7-13/h6-9,12,17,27H,5,10H2,1-4H3,(H,22,25)/t17-,21-/m0/s1. The summed E-state index contributed by atoms with van der Waals surface area (Å²) < 4.78 is 21.3. The van der Waals surface area contributed by atoms with Crippen LogP contribution in [0.2, 0.25) is 0 Å². The molecule has 0 bridgehead atoms. The molecule has 2 atom stereocenters. The Kier molecular flexibility index (Phi) is 5.97. The van der Waals surface area contributed by atoms with Crippen LogP contribution in [-0.4, -0.2) is 60.6 Å². The number of carbonyl (C=O) groups excluding carboxylic acids is 3. The molecule has 1 saturated heterocycles. The number of rotatable bonds is 8. The topological polar surface area (TPSA) is 124 Å². The average Bonchev–Trinajstić information content (AvgIpc) is 3.12. The first kappa shape index (κ1) is 22.2. The quantitative estimate of drug-likeness (QED) is 0.265. The van der Waals surface area contributed by atoms with Gasteiger partial charge in [-0.15, -0.1) is 0 Å². The number of anilines is 1. The van der Waals surface area contributed by atoms with E-state index in [1.807, 2.05) is 0 Å². The lowest BCUT2D eigenvalue weighted by Gasteiger charge is -2.51. The normalized spacial score (nSPS) is 23.5. The van der Waals surface area contributed by atoms with Gasteiger partial charge in [0, 0.05) is 19.5 Å². The molecular formula is C21H24N2O8. The van der Waals surface area contributed by atoms with Crippen LogP contribution < -0.4 is 15.0 Å². The predicted octanol–water partition coefficient (Wildman–Crippen LogP) is 0.634. The van der Waals surface area contributed by atoms with E-state index in [0.717, 1.165) is 0 Å². The van der Waals surface area contributed by atoms with Crippen molar-refractivity contribution in [2.45, 2.75) is 38.2 Å². The first-order chi connectivity index (χ1) is 14.7. The summed E-state index contributed by atoms with van der Waals surface area (Å²) in [5.41, 5.74) is -2.05. The van der Waals surface area contributed by atoms with Crippen LogP contribution in [0.1, 0.15) is 20.8 Å². The van der Waals surface area contributed by atoms with Crippen molar-refractivity contribution in [3.8, 4) is 5.75 Å². The van der Waals surface area contributed by atoms with Gasteiger partial charge < -0.3 is 29.4 Å². The molecule has 2 aliphatic heterocycles. The Morgan fingerprint density at radius 3 is 2.52 bits per heavy atom. The molecule has 2 heterocycles. The number of nitrogens with zero attached hydrogens (tertiary/aromatic N) is 1. The third-order valence-electron chi connectivity index (χ3n) is 4.83. The minimum Gasteiger partial charge on any atom is -0.497 e. The number of aliphatic hydroxyl groups is 1. The summed E-state index contributed by atoms with van der Waals surface area (Å²) in [5, 5.41) is 13.5. The van der Waals surface area contributed by atoms with Gasteiger partial charge in [-0.25, -0.2) is 4.79 Å². The zero-order valence-electron chi connectivity index (χ0n) is 17.6. The minimum absolute atomic E-state index is 0.106. The molecule has 3 rings (SSSR count). The van der Waals surface area contributed by atoms with Gasteiger partial charge in [0.2, 0.25) is 5.79 Å². The smallest absolute Gasteiger partial charge is 0.272 e. The van der Waals surface area contributed by atoms with Crippen LogP contribution in [0.3, 0.4) is 0 Å². The van der Waals surface area contributed by atoms with Gasteiger partial charge in [0.15, 0.2) is 17.5 Å². The molecule has 0 aromatic heterocycles. The molecule has 1 fully saturated rings. The number of hydrogen-bond acceptors (Lipinski definition) is 8. The van der Waals surface area contributed by atoms with Gasteiger partial charge in [-0.3, -0.25) is 14.5 Å². The molecule has 2 amide bonds. The van der Waals surface area contributed by atoms with Crippen molar-refractivity contribution in [3.63, 3.8) is 0 Å². The van der Waals surface area contributed by atoms with Gasteiger partial charge >= 0.3 is 0 Å². The number of nitrogens with one attached hydrogen (secondary N) is 1. The lowest BCUT2D eigenvalue weighted by atomic mass is 9.79. The first-order valence-electron chi connectivity index (χ1n) is 9.60. The van der Waals surface area contributed by atoms with Crippen LogP contribution in [0.5, 0.6) is 5.75 Å². The monoisotopic (exact) mass is 432 g/mol. The van der Waals surface area contributed by atoms with E-state index < -0.39 is 29.2 Å². The molecule has 0 aliphatic carbocycles. The molecule has 10 heteroatoms. The van der Waals surface area contributed by atoms with Gasteiger partial charge in [-0.1, -0.05) is 0 Å². The molecule has 0 unspecified atom stereocenters. The Morgan fingerprint density at radius 1 is 1.32 bits per heavy atom. The van der Waals surface area contributed by atoms with Crippen molar-refractivity contribution in [2.75, 3.05) is 25.2 Å². The summed E-state index contributed by atoms with van der Waals surface area (Å²) in [7, 11) is 1.51. The zero-order chi connectivity index (χ0) is 22.8. The van der Waals surface area contributed by atoms with Crippen LogP contribution in [-0.2, 0) is 28.6 Å². The Balaban J connectivity index is 1.90. The van der Waals surface area contributed by atoms with Crippen molar-refractivity contribution in [1.29, 1.82) is 0 Å². The Bertz CT molecular complexity index is 949. The SMILES string of the molecule is CCOC(=C=O)CNC(=O)[C@]1(O)C(=O)N(c2ccc(OC)cc2)[C@H]1C1=COC(C)(C)O1. The van der Waals surface area contributed by atoms with E-state index in [4.69, 9.17) is 18.9 Å². The molecule has 1 aromatic rings. The first-order valence-corrected chi connectivity index (χ1v) is 9.60. The number of ether oxygens (including phenoxy) is 4. The summed E-state index contributed by atoms with van der Waals surface area (Å²) in [6, 6.07) is 5.33. The highest BCUT2D eigenvalue weighted by molar-refractivity contribution is 6.22. The fourth-order valence-electron chi connectivity index (χ4n) is 3.34. The highest BCUT2D eigenvalue weighted by atomic mass is 16.7. The molecule has 1 aromatic carbocycles. The second kappa shape index (κ2) is 8.33. The highest BCUT2D eigenvalue weighted by Gasteiger charge is 2.68. The second-order valence-electron chi connectivity index (χ2n) is 7.32. The van der Waals surface area contributed by atoms with Crippen molar-refractivity contribution >= 4 is 23.4 Å². The summed E-state index contributed by atoms with van der Waals surface area (Å²) in [5.74, 6) is -0.805. The predicted molar refractivity (Wildman–Crippen MR) is 107 cm³/mol. The van der Waals surface area contributed by atoms with Gasteiger partial charge in [-0.2, -0.15) is 0 Å². The molecule has 166 valence electrons. The summed E-state index contributed by atoms with van der Waals surface area (Å²) in [6.07, 6.45) is 1.27. The number of amides is 2. The fraction of sp³-hybridized carbons (Fsp3) is 0.429. The van der Waals surface area contributed by atoms with Crippen LogP contribution in [0.15, 0.2) is 42.0 Å². The van der Waals surface area contributed by atoms with Gasteiger partial charge in [0.1, 0.15) is 18.1 Å². The summed E-state index contributed by atoms with van der Waals surface area (Å²) >= 11 is 0. The molecule has 0 saturated carbocycles. The van der Waals surface area contributed by atoms with E-state index in [1.54, 1.807) is 51.0 Å². The summed E-state index contributed by atoms with van der Waals surface area (Å²) in [4.78, 5) is 38.0. The summed E-state index contributed by atoms with van der Waals surface area (Å²) in [6.45, 7) is 4.83. The Labute approximate surface area is 179 Å². The van der Waals surface area contributed by atoms with Crippen LogP contribution in [0.4, 0.5) is 5.69 Å². The molecule has 2 aliphatic rings. The highest BCUT2D eigenvalue weighted by Crippen LogP contribution is 2.43. The number of methoxy groups -OCH3 is 1. The van der Waals surface area contributed by atoms with Crippen molar-refractivity contribution in [1.82, 2.24) is 5.32 Å². The van der Waals surface area contributed by atoms with E-state index in [2.05, 4.69) is 5.32 Å². The maximum atomic E-state index is 13.0. The van der Waals surface area contributed by atoms with Crippen molar-refractivity contribution in [3.05, 3.63) is 42.0 Å². The molecule has 0 spiro atoms. The second-order valence-corrected chi connectivity index (χ2v) is 7.32. The van der Waals surface area contributed by atoms with Crippen LogP contribution in [0, 0.1) is 0 Å².